The highest BCUT2D eigenvalue weighted by Crippen LogP contribution is 2.44. The molecule has 2 N–H and O–H groups in total. The maximum atomic E-state index is 13.3. The van der Waals surface area contributed by atoms with Gasteiger partial charge in [-0.05, 0) is 36.5 Å². The van der Waals surface area contributed by atoms with Crippen molar-refractivity contribution in [2.75, 3.05) is 10.2 Å². The molecular weight excluding hydrogens is 458 g/mol. The van der Waals surface area contributed by atoms with Crippen molar-refractivity contribution in [2.45, 2.75) is 33.6 Å². The Morgan fingerprint density at radius 2 is 1.91 bits per heavy atom. The molecule has 33 heavy (non-hydrogen) atoms. The highest BCUT2D eigenvalue weighted by atomic mass is 32.2. The molecule has 0 atom stereocenters. The predicted molar refractivity (Wildman–Crippen MR) is 129 cm³/mol. The second-order valence-corrected chi connectivity index (χ2v) is 10.5. The number of thioether (sulfide) groups is 1. The maximum Gasteiger partial charge on any atom is 0.262 e. The first-order valence-electron chi connectivity index (χ1n) is 10.2. The topological polar surface area (TPSA) is 110 Å². The molecule has 168 valence electrons. The number of aliphatic hydroxyl groups is 1. The maximum absolute atomic E-state index is 13.3. The highest BCUT2D eigenvalue weighted by Gasteiger charge is 2.37. The first-order chi connectivity index (χ1) is 15.6. The van der Waals surface area contributed by atoms with Crippen LogP contribution in [-0.2, 0) is 16.0 Å². The van der Waals surface area contributed by atoms with Crippen molar-refractivity contribution in [1.29, 1.82) is 5.26 Å². The van der Waals surface area contributed by atoms with E-state index in [9.17, 15) is 24.8 Å². The summed E-state index contributed by atoms with van der Waals surface area (Å²) in [5, 5.41) is 24.8. The number of rotatable bonds is 4. The molecule has 1 aromatic heterocycles. The lowest BCUT2D eigenvalue weighted by molar-refractivity contribution is -0.118. The van der Waals surface area contributed by atoms with Crippen molar-refractivity contribution in [3.63, 3.8) is 0 Å². The molecule has 0 radical (unpaired) electrons. The van der Waals surface area contributed by atoms with Gasteiger partial charge in [0.1, 0.15) is 21.7 Å². The number of carbonyl (C=O) groups excluding carboxylic acids is 3. The van der Waals surface area contributed by atoms with Crippen molar-refractivity contribution in [2.24, 2.45) is 5.41 Å². The van der Waals surface area contributed by atoms with Crippen LogP contribution in [0.15, 0.2) is 52.2 Å². The largest absolute Gasteiger partial charge is 0.494 e. The molecule has 0 saturated heterocycles. The van der Waals surface area contributed by atoms with Gasteiger partial charge in [-0.3, -0.25) is 19.3 Å². The van der Waals surface area contributed by atoms with Crippen molar-refractivity contribution in [3.8, 4) is 6.07 Å². The van der Waals surface area contributed by atoms with Gasteiger partial charge in [-0.25, -0.2) is 0 Å². The summed E-state index contributed by atoms with van der Waals surface area (Å²) in [6.45, 7) is 5.22. The molecule has 9 heteroatoms. The summed E-state index contributed by atoms with van der Waals surface area (Å²) in [4.78, 5) is 40.4. The second-order valence-electron chi connectivity index (χ2n) is 8.62. The number of hydrogen-bond donors (Lipinski definition) is 2. The number of Topliss-reactive ketones (excluding diaryl/α,β-unsaturated/α-hetero) is 2. The van der Waals surface area contributed by atoms with Gasteiger partial charge < -0.3 is 10.4 Å². The van der Waals surface area contributed by atoms with Crippen LogP contribution in [0.5, 0.6) is 0 Å². The van der Waals surface area contributed by atoms with Crippen LogP contribution in [-0.4, -0.2) is 22.6 Å². The number of para-hydroxylation sites is 1. The Morgan fingerprint density at radius 3 is 2.55 bits per heavy atom. The van der Waals surface area contributed by atoms with Crippen LogP contribution in [0.3, 0.4) is 0 Å². The molecule has 2 aliphatic rings. The lowest BCUT2D eigenvalue weighted by atomic mass is 9.75. The summed E-state index contributed by atoms with van der Waals surface area (Å²) in [6.07, 6.45) is 0.925. The summed E-state index contributed by atoms with van der Waals surface area (Å²) in [5.41, 5.74) is 1.08. The van der Waals surface area contributed by atoms with Gasteiger partial charge in [-0.1, -0.05) is 43.8 Å². The van der Waals surface area contributed by atoms with E-state index in [4.69, 9.17) is 0 Å². The number of nitrogens with one attached hydrogen (secondary N) is 1. The van der Waals surface area contributed by atoms with E-state index in [-0.39, 0.29) is 38.2 Å². The minimum Gasteiger partial charge on any atom is -0.494 e. The minimum atomic E-state index is -0.698. The number of thiophene rings is 1. The van der Waals surface area contributed by atoms with Crippen LogP contribution in [0.2, 0.25) is 0 Å². The fourth-order valence-corrected chi connectivity index (χ4v) is 6.09. The summed E-state index contributed by atoms with van der Waals surface area (Å²) in [6, 6.07) is 11.0. The number of aliphatic hydroxyl groups excluding tert-OH is 1. The number of carbonyl (C=O) groups is 3. The van der Waals surface area contributed by atoms with Crippen LogP contribution in [0.25, 0.3) is 0 Å². The third kappa shape index (κ3) is 4.19. The molecule has 1 aliphatic carbocycles. The standard InChI is InChI=1S/C24H21N3O4S2/c1-13(28)19(23-27(18(30)12-32-23)14-7-5-4-6-8-14)21(31)26-22-16(11-25)15-9-24(2,3)10-17(29)20(15)33-22/h4-8,12,30H,9-10H2,1-3H3,(H,26,31)/b23-19+. The molecule has 4 rings (SSSR count). The highest BCUT2D eigenvalue weighted by molar-refractivity contribution is 8.06. The van der Waals surface area contributed by atoms with Gasteiger partial charge in [-0.2, -0.15) is 5.26 Å². The number of anilines is 2. The quantitative estimate of drug-likeness (QED) is 0.355. The molecule has 0 saturated carbocycles. The number of nitrogens with zero attached hydrogens (tertiary/aromatic N) is 2. The Morgan fingerprint density at radius 1 is 1.21 bits per heavy atom. The first-order valence-corrected chi connectivity index (χ1v) is 11.9. The van der Waals surface area contributed by atoms with E-state index in [1.54, 1.807) is 24.3 Å². The molecule has 0 spiro atoms. The Labute approximate surface area is 199 Å². The summed E-state index contributed by atoms with van der Waals surface area (Å²) in [7, 11) is 0. The van der Waals surface area contributed by atoms with E-state index >= 15 is 0 Å². The van der Waals surface area contributed by atoms with Gasteiger partial charge in [0.25, 0.3) is 5.91 Å². The van der Waals surface area contributed by atoms with Crippen LogP contribution < -0.4 is 10.2 Å². The van der Waals surface area contributed by atoms with E-state index in [0.717, 1.165) is 23.1 Å². The van der Waals surface area contributed by atoms with Crippen molar-refractivity contribution >= 4 is 51.3 Å². The Bertz CT molecular complexity index is 1280. The molecule has 2 aromatic rings. The SMILES string of the molecule is CC(=O)/C(C(=O)Nc1sc2c(c1C#N)CC(C)(C)CC2=O)=C1\SC=C(O)N1c1ccccc1. The first kappa shape index (κ1) is 22.8. The molecule has 7 nitrogen and oxygen atoms in total. The molecule has 0 unspecified atom stereocenters. The third-order valence-electron chi connectivity index (χ3n) is 5.41. The van der Waals surface area contributed by atoms with Crippen molar-refractivity contribution < 1.29 is 19.5 Å². The fourth-order valence-electron chi connectivity index (χ4n) is 4.01. The van der Waals surface area contributed by atoms with E-state index in [2.05, 4.69) is 11.4 Å². The van der Waals surface area contributed by atoms with Crippen molar-refractivity contribution in [1.82, 2.24) is 0 Å². The molecule has 2 heterocycles. The van der Waals surface area contributed by atoms with Crippen LogP contribution >= 0.6 is 23.1 Å². The normalized spacial score (nSPS) is 18.3. The molecule has 1 aromatic carbocycles. The number of ketones is 2. The number of hydrogen-bond acceptors (Lipinski definition) is 8. The monoisotopic (exact) mass is 479 g/mol. The average molecular weight is 480 g/mol. The zero-order chi connectivity index (χ0) is 23.9. The molecule has 1 aliphatic heterocycles. The molecular formula is C24H21N3O4S2. The summed E-state index contributed by atoms with van der Waals surface area (Å²) >= 11 is 2.13. The zero-order valence-electron chi connectivity index (χ0n) is 18.3. The van der Waals surface area contributed by atoms with Crippen LogP contribution in [0.1, 0.15) is 48.0 Å². The van der Waals surface area contributed by atoms with E-state index < -0.39 is 11.7 Å². The minimum absolute atomic E-state index is 0.0517. The summed E-state index contributed by atoms with van der Waals surface area (Å²) in [5.74, 6) is -1.35. The van der Waals surface area contributed by atoms with Gasteiger partial charge in [0.15, 0.2) is 11.6 Å². The third-order valence-corrected chi connectivity index (χ3v) is 7.54. The van der Waals surface area contributed by atoms with E-state index in [1.807, 2.05) is 19.9 Å². The van der Waals surface area contributed by atoms with E-state index in [1.165, 1.54) is 17.2 Å². The second kappa shape index (κ2) is 8.54. The predicted octanol–water partition coefficient (Wildman–Crippen LogP) is 5.12. The Kier molecular flexibility index (Phi) is 5.91. The number of benzene rings is 1. The Balaban J connectivity index is 1.74. The molecule has 0 fully saturated rings. The van der Waals surface area contributed by atoms with Crippen molar-refractivity contribution in [3.05, 3.63) is 68.2 Å². The van der Waals surface area contributed by atoms with Gasteiger partial charge >= 0.3 is 0 Å². The van der Waals surface area contributed by atoms with Gasteiger partial charge in [0, 0.05) is 17.5 Å². The summed E-state index contributed by atoms with van der Waals surface area (Å²) < 4.78 is 0. The average Bonchev–Trinajstić information content (AvgIpc) is 3.27. The number of amides is 1. The van der Waals surface area contributed by atoms with Gasteiger partial charge in [0.05, 0.1) is 10.4 Å². The molecule has 1 amide bonds. The number of nitriles is 1. The van der Waals surface area contributed by atoms with Gasteiger partial charge in [-0.15, -0.1) is 11.3 Å². The van der Waals surface area contributed by atoms with Crippen LogP contribution in [0, 0.1) is 16.7 Å². The molecule has 0 bridgehead atoms. The number of fused-ring (bicyclic) bond motifs is 1. The lowest BCUT2D eigenvalue weighted by Gasteiger charge is -2.28. The Hall–Kier alpha value is -3.35. The smallest absolute Gasteiger partial charge is 0.262 e. The van der Waals surface area contributed by atoms with Gasteiger partial charge in [0.2, 0.25) is 5.88 Å². The zero-order valence-corrected chi connectivity index (χ0v) is 19.9. The fraction of sp³-hybridized carbons (Fsp3) is 0.250. The van der Waals surface area contributed by atoms with E-state index in [0.29, 0.717) is 29.0 Å². The lowest BCUT2D eigenvalue weighted by Crippen LogP contribution is -2.26. The van der Waals surface area contributed by atoms with Crippen LogP contribution in [0.4, 0.5) is 10.7 Å².